The number of para-hydroxylation sites is 1. The molecule has 0 radical (unpaired) electrons. The number of likely N-dealkylation sites (tertiary alicyclic amines) is 1. The third-order valence-electron chi connectivity index (χ3n) is 18.3. The van der Waals surface area contributed by atoms with Crippen LogP contribution in [0.5, 0.6) is 11.5 Å². The van der Waals surface area contributed by atoms with Gasteiger partial charge in [-0.15, -0.1) is 0 Å². The quantitative estimate of drug-likeness (QED) is 0.0118. The molecule has 5 aromatic rings. The Morgan fingerprint density at radius 2 is 1.46 bits per heavy atom. The summed E-state index contributed by atoms with van der Waals surface area (Å²) in [7, 11) is -18.1. The smallest absolute Gasteiger partial charge is 0.294 e. The maximum Gasteiger partial charge on any atom is 0.294 e. The van der Waals surface area contributed by atoms with E-state index in [0.29, 0.717) is 120 Å². The molecular formula is C70H81F2N8O19S4+. The first kappa shape index (κ1) is 78.3. The molecule has 103 heavy (non-hydrogen) atoms. The maximum absolute atomic E-state index is 13.9. The maximum atomic E-state index is 13.9. The number of pyridine rings is 1. The summed E-state index contributed by atoms with van der Waals surface area (Å²) >= 11 is 0. The van der Waals surface area contributed by atoms with E-state index in [1.54, 1.807) is 36.4 Å². The largest absolute Gasteiger partial charge is 0.491 e. The van der Waals surface area contributed by atoms with Crippen molar-refractivity contribution in [1.82, 2.24) is 25.8 Å². The first-order valence-corrected chi connectivity index (χ1v) is 39.1. The average molecular weight is 1500 g/mol. The van der Waals surface area contributed by atoms with Crippen molar-refractivity contribution in [2.75, 3.05) is 56.5 Å². The Bertz CT molecular complexity index is 4820. The molecule has 4 aromatic carbocycles. The van der Waals surface area contributed by atoms with Gasteiger partial charge in [0.2, 0.25) is 23.4 Å². The highest BCUT2D eigenvalue weighted by molar-refractivity contribution is 7.86. The molecule has 1 aliphatic carbocycles. The first-order chi connectivity index (χ1) is 48.4. The lowest BCUT2D eigenvalue weighted by atomic mass is 9.81. The lowest BCUT2D eigenvalue weighted by Crippen LogP contribution is -2.43. The lowest BCUT2D eigenvalue weighted by molar-refractivity contribution is -0.438. The zero-order chi connectivity index (χ0) is 75.0. The van der Waals surface area contributed by atoms with Gasteiger partial charge < -0.3 is 40.3 Å². The van der Waals surface area contributed by atoms with E-state index < -0.39 is 112 Å². The zero-order valence-electron chi connectivity index (χ0n) is 56.8. The molecule has 0 spiro atoms. The summed E-state index contributed by atoms with van der Waals surface area (Å²) in [6, 6.07) is 20.4. The van der Waals surface area contributed by atoms with Crippen LogP contribution in [0.15, 0.2) is 153 Å². The van der Waals surface area contributed by atoms with Crippen LogP contribution in [0, 0.1) is 11.3 Å². The van der Waals surface area contributed by atoms with E-state index >= 15 is 0 Å². The van der Waals surface area contributed by atoms with E-state index in [1.165, 1.54) is 60.8 Å². The number of anilines is 1. The van der Waals surface area contributed by atoms with Crippen LogP contribution < -0.4 is 30.3 Å². The minimum absolute atomic E-state index is 0.0859. The number of halogens is 2. The summed E-state index contributed by atoms with van der Waals surface area (Å²) in [5.74, 6) is -5.14. The molecule has 1 saturated heterocycles. The van der Waals surface area contributed by atoms with E-state index in [9.17, 15) is 90.2 Å². The predicted molar refractivity (Wildman–Crippen MR) is 374 cm³/mol. The number of fused-ring (bicyclic) bond motifs is 3. The molecular weight excluding hydrogens is 1420 g/mol. The molecule has 552 valence electrons. The molecule has 1 fully saturated rings. The van der Waals surface area contributed by atoms with E-state index in [1.807, 2.05) is 61.5 Å². The van der Waals surface area contributed by atoms with Crippen LogP contribution in [0.2, 0.25) is 0 Å². The Morgan fingerprint density at radius 1 is 0.767 bits per heavy atom. The number of nitrogens with one attached hydrogen (secondary N) is 3. The van der Waals surface area contributed by atoms with E-state index in [-0.39, 0.29) is 77.4 Å². The average Bonchev–Trinajstić information content (AvgIpc) is 1.59. The number of aromatic nitrogens is 1. The number of ether oxygens (including phenoxy) is 2. The van der Waals surface area contributed by atoms with Gasteiger partial charge in [-0.1, -0.05) is 32.1 Å². The number of rotatable bonds is 31. The van der Waals surface area contributed by atoms with Crippen molar-refractivity contribution in [3.8, 4) is 17.6 Å². The number of carbonyl (C=O) groups is 4. The third-order valence-corrected chi connectivity index (χ3v) is 21.7. The Morgan fingerprint density at radius 3 is 2.15 bits per heavy atom. The Balaban J connectivity index is 0.834. The van der Waals surface area contributed by atoms with Gasteiger partial charge in [-0.2, -0.15) is 43.5 Å². The summed E-state index contributed by atoms with van der Waals surface area (Å²) in [4.78, 5) is 57.7. The molecule has 2 atom stereocenters. The molecule has 4 amide bonds. The number of benzene rings is 4. The number of hydrogen-bond donors (Lipinski definition) is 8. The van der Waals surface area contributed by atoms with Crippen molar-refractivity contribution in [2.45, 2.75) is 148 Å². The van der Waals surface area contributed by atoms with Crippen LogP contribution in [0.1, 0.15) is 126 Å². The van der Waals surface area contributed by atoms with E-state index in [0.717, 1.165) is 10.6 Å². The van der Waals surface area contributed by atoms with Crippen LogP contribution in [0.4, 0.5) is 20.2 Å². The molecule has 8 N–H and O–H groups in total. The fourth-order valence-electron chi connectivity index (χ4n) is 13.1. The molecule has 1 aromatic heterocycles. The number of aliphatic hydroxyl groups is 1. The van der Waals surface area contributed by atoms with Gasteiger partial charge in [-0.25, -0.2) is 8.78 Å². The number of unbranched alkanes of at least 4 members (excludes halogenated alkanes) is 3. The number of carbonyl (C=O) groups excluding carboxylic acids is 4. The minimum atomic E-state index is -4.63. The van der Waals surface area contributed by atoms with Gasteiger partial charge in [-0.3, -0.25) is 42.4 Å². The number of alkyl halides is 2. The van der Waals surface area contributed by atoms with E-state index in [4.69, 9.17) is 9.47 Å². The van der Waals surface area contributed by atoms with Gasteiger partial charge in [0.05, 0.1) is 69.7 Å². The SMILES string of the molecule is CC1(C)C(/C=C/C2=C(Oc3ccc(S(=O)(=O)O)cc3)C(=C/C=C3/N(CCCCS(=O)(=O)O)c4ccc(S(=O)(=O)O)cc4C3(C)C)/CCC2)=[N+](CCCCCC(=O)NCC(O)CC(=O)NCCCOc2cccc3c(C(=O)NCC(=O)N4CC(F)(F)C[C@H]4C#N)ccnc23)c2ccc(S(=O)(=O)O)cc21. The van der Waals surface area contributed by atoms with Gasteiger partial charge in [0.1, 0.15) is 35.4 Å². The van der Waals surface area contributed by atoms with Crippen molar-refractivity contribution in [2.24, 2.45) is 0 Å². The molecule has 3 aliphatic heterocycles. The first-order valence-electron chi connectivity index (χ1n) is 33.1. The fraction of sp³-hybridized carbons (Fsp3) is 0.414. The zero-order valence-corrected chi connectivity index (χ0v) is 60.1. The highest BCUT2D eigenvalue weighted by Gasteiger charge is 2.48. The Kier molecular flexibility index (Phi) is 24.3. The standard InChI is InChI=1S/C70H80F2N8O19S4/c1-68(2)55-38-51(102(92,93)94)24-26-57(55)78(33-7-5-6-17-62(82)76-42-48(81)37-63(83)74-31-12-35-98-59-16-11-15-53-54(30-32-75-65(53)59)67(85)77-43-64(84)80-44-70(71,72)40-47(80)41-73)60(68)28-18-45-13-10-14-46(66(45)99-49-20-22-50(23-21-49)101(89,90)91)19-29-61-69(3,4)56-39-52(103(95,96)97)25-27-58(56)79(61)34-8-9-36-100(86,87)88/h11,15-16,18-30,32,38-39,47-48,81H,5-10,12-14,17,31,33-37,40,42-44H2,1-4H3,(H6-,74,76,77,82,83,85,86,87,88,89,90,91,92,93,94,95,96,97)/p+1/t47-,48?/m0/s1. The van der Waals surface area contributed by atoms with Crippen LogP contribution in [-0.4, -0.2) is 170 Å². The summed E-state index contributed by atoms with van der Waals surface area (Å²) in [6.07, 6.45) is 10.4. The Hall–Kier alpha value is -8.85. The predicted octanol–water partition coefficient (Wildman–Crippen LogP) is 8.20. The number of aliphatic hydroxyl groups excluding tert-OH is 1. The van der Waals surface area contributed by atoms with Crippen LogP contribution in [0.3, 0.4) is 0 Å². The van der Waals surface area contributed by atoms with Crippen molar-refractivity contribution < 1.29 is 99.0 Å². The highest BCUT2D eigenvalue weighted by Crippen LogP contribution is 2.49. The summed E-state index contributed by atoms with van der Waals surface area (Å²) < 4.78 is 179. The van der Waals surface area contributed by atoms with Crippen molar-refractivity contribution >= 4 is 92.1 Å². The Labute approximate surface area is 596 Å². The molecule has 0 bridgehead atoms. The number of amides is 4. The van der Waals surface area contributed by atoms with Crippen LogP contribution in [-0.2, 0) is 65.7 Å². The van der Waals surface area contributed by atoms with E-state index in [2.05, 4.69) is 20.9 Å². The van der Waals surface area contributed by atoms with Crippen LogP contribution >= 0.6 is 0 Å². The van der Waals surface area contributed by atoms with Gasteiger partial charge in [0.25, 0.3) is 52.3 Å². The fourth-order valence-corrected chi connectivity index (χ4v) is 15.1. The second-order valence-electron chi connectivity index (χ2n) is 26.5. The topological polar surface area (TPSA) is 407 Å². The van der Waals surface area contributed by atoms with Crippen molar-refractivity contribution in [3.05, 3.63) is 155 Å². The number of allylic oxidation sites excluding steroid dienone is 7. The van der Waals surface area contributed by atoms with Crippen molar-refractivity contribution in [1.29, 1.82) is 5.26 Å². The van der Waals surface area contributed by atoms with Gasteiger partial charge >= 0.3 is 0 Å². The third kappa shape index (κ3) is 19.5. The second kappa shape index (κ2) is 32.0. The van der Waals surface area contributed by atoms with Gasteiger partial charge in [0, 0.05) is 85.0 Å². The molecule has 9 rings (SSSR count). The van der Waals surface area contributed by atoms with Crippen LogP contribution in [0.25, 0.3) is 10.9 Å². The summed E-state index contributed by atoms with van der Waals surface area (Å²) in [6.45, 7) is 6.70. The second-order valence-corrected chi connectivity index (χ2v) is 32.4. The van der Waals surface area contributed by atoms with Gasteiger partial charge in [-0.05, 0) is 161 Å². The molecule has 4 aliphatic rings. The highest BCUT2D eigenvalue weighted by atomic mass is 32.2. The molecule has 0 saturated carbocycles. The summed E-state index contributed by atoms with van der Waals surface area (Å²) in [5.41, 5.74) is 3.85. The molecule has 1 unspecified atom stereocenters. The van der Waals surface area contributed by atoms with Crippen molar-refractivity contribution in [3.63, 3.8) is 0 Å². The minimum Gasteiger partial charge on any atom is -0.491 e. The lowest BCUT2D eigenvalue weighted by Gasteiger charge is -2.27. The molecule has 27 nitrogen and oxygen atoms in total. The summed E-state index contributed by atoms with van der Waals surface area (Å²) in [5, 5.41) is 28.1. The number of hydrogen-bond acceptors (Lipinski definition) is 18. The molecule has 33 heteroatoms. The van der Waals surface area contributed by atoms with Gasteiger partial charge in [0.15, 0.2) is 5.71 Å². The number of nitrogens with zero attached hydrogens (tertiary/aromatic N) is 5. The number of nitriles is 1. The normalized spacial score (nSPS) is 18.3. The monoisotopic (exact) mass is 1500 g/mol. The molecule has 4 heterocycles.